The number of hydrogen-bond donors (Lipinski definition) is 1. The third-order valence-corrected chi connectivity index (χ3v) is 6.70. The van der Waals surface area contributed by atoms with Gasteiger partial charge in [-0.2, -0.15) is 0 Å². The number of amides is 2. The van der Waals surface area contributed by atoms with E-state index >= 15 is 0 Å². The molecule has 0 aliphatic carbocycles. The van der Waals surface area contributed by atoms with Crippen molar-refractivity contribution in [3.8, 4) is 0 Å². The zero-order chi connectivity index (χ0) is 22.1. The molecule has 4 rings (SSSR count). The number of nitrogens with one attached hydrogen (secondary N) is 1. The molecule has 2 amide bonds. The number of carbonyl (C=O) groups excluding carboxylic acids is 2. The average Bonchev–Trinajstić information content (AvgIpc) is 3.09. The van der Waals surface area contributed by atoms with E-state index in [1.165, 1.54) is 34.4 Å². The SMILES string of the molecule is Cc1cc2c(cc1C)N(CC(=O)Nc1cccc(F)c1)C(=O)CC(c1ccc(Br)s1)=N2. The molecule has 2 heterocycles. The van der Waals surface area contributed by atoms with Gasteiger partial charge in [-0.15, -0.1) is 11.3 Å². The van der Waals surface area contributed by atoms with Crippen LogP contribution in [0.2, 0.25) is 0 Å². The standard InChI is InChI=1S/C23H19BrFN3O2S/c1-13-8-17-19(9-14(13)2)28(12-22(29)26-16-5-3-4-15(25)10-16)23(30)11-18(27-17)20-6-7-21(24)31-20/h3-10H,11-12H2,1-2H3,(H,26,29). The third-order valence-electron chi connectivity index (χ3n) is 5.02. The first-order valence-corrected chi connectivity index (χ1v) is 11.2. The number of nitrogens with zero attached hydrogens (tertiary/aromatic N) is 2. The fraction of sp³-hybridized carbons (Fsp3) is 0.174. The number of fused-ring (bicyclic) bond motifs is 1. The zero-order valence-electron chi connectivity index (χ0n) is 16.9. The van der Waals surface area contributed by atoms with Crippen molar-refractivity contribution in [2.45, 2.75) is 20.3 Å². The molecule has 0 atom stereocenters. The summed E-state index contributed by atoms with van der Waals surface area (Å²) in [6, 6.07) is 13.3. The molecule has 1 aromatic heterocycles. The van der Waals surface area contributed by atoms with Crippen LogP contribution >= 0.6 is 27.3 Å². The van der Waals surface area contributed by atoms with Crippen molar-refractivity contribution >= 4 is 61.9 Å². The van der Waals surface area contributed by atoms with Crippen molar-refractivity contribution in [3.63, 3.8) is 0 Å². The van der Waals surface area contributed by atoms with Crippen LogP contribution in [-0.2, 0) is 9.59 Å². The highest BCUT2D eigenvalue weighted by Crippen LogP contribution is 2.36. The fourth-order valence-electron chi connectivity index (χ4n) is 3.34. The monoisotopic (exact) mass is 499 g/mol. The number of halogens is 2. The molecule has 1 aliphatic rings. The van der Waals surface area contributed by atoms with Gasteiger partial charge in [-0.1, -0.05) is 6.07 Å². The highest BCUT2D eigenvalue weighted by Gasteiger charge is 2.28. The molecule has 2 aromatic carbocycles. The minimum atomic E-state index is -0.444. The van der Waals surface area contributed by atoms with Crippen LogP contribution in [0.5, 0.6) is 0 Å². The summed E-state index contributed by atoms with van der Waals surface area (Å²) in [6.45, 7) is 3.75. The van der Waals surface area contributed by atoms with E-state index in [-0.39, 0.29) is 18.9 Å². The largest absolute Gasteiger partial charge is 0.324 e. The van der Waals surface area contributed by atoms with E-state index in [2.05, 4.69) is 21.2 Å². The Bertz CT molecular complexity index is 1220. The molecule has 1 aliphatic heterocycles. The lowest BCUT2D eigenvalue weighted by atomic mass is 10.1. The first-order chi connectivity index (χ1) is 14.8. The number of anilines is 2. The number of carbonyl (C=O) groups is 2. The molecular weight excluding hydrogens is 481 g/mol. The molecular formula is C23H19BrFN3O2S. The number of benzene rings is 2. The summed E-state index contributed by atoms with van der Waals surface area (Å²) >= 11 is 4.96. The van der Waals surface area contributed by atoms with Crippen molar-refractivity contribution in [1.29, 1.82) is 0 Å². The van der Waals surface area contributed by atoms with Crippen LogP contribution in [0.1, 0.15) is 22.4 Å². The van der Waals surface area contributed by atoms with Gasteiger partial charge in [-0.3, -0.25) is 9.59 Å². The molecule has 0 saturated carbocycles. The van der Waals surface area contributed by atoms with E-state index in [9.17, 15) is 14.0 Å². The Morgan fingerprint density at radius 1 is 1.19 bits per heavy atom. The Kier molecular flexibility index (Phi) is 6.02. The molecule has 158 valence electrons. The Hall–Kier alpha value is -2.84. The second-order valence-corrected chi connectivity index (χ2v) is 9.77. The lowest BCUT2D eigenvalue weighted by Crippen LogP contribution is -2.38. The Labute approximate surface area is 191 Å². The summed E-state index contributed by atoms with van der Waals surface area (Å²) in [6.07, 6.45) is 0.0764. The van der Waals surface area contributed by atoms with Gasteiger partial charge in [0, 0.05) is 5.69 Å². The number of aliphatic imine (C=N–C) groups is 1. The van der Waals surface area contributed by atoms with E-state index in [0.717, 1.165) is 19.8 Å². The van der Waals surface area contributed by atoms with Crippen molar-refractivity contribution in [3.05, 3.63) is 74.1 Å². The van der Waals surface area contributed by atoms with Gasteiger partial charge in [0.1, 0.15) is 12.4 Å². The molecule has 0 saturated heterocycles. The first kappa shape index (κ1) is 21.4. The zero-order valence-corrected chi connectivity index (χ0v) is 19.3. The van der Waals surface area contributed by atoms with Gasteiger partial charge >= 0.3 is 0 Å². The predicted octanol–water partition coefficient (Wildman–Crippen LogP) is 5.76. The molecule has 0 fully saturated rings. The highest BCUT2D eigenvalue weighted by atomic mass is 79.9. The topological polar surface area (TPSA) is 61.8 Å². The van der Waals surface area contributed by atoms with Crippen LogP contribution in [0.25, 0.3) is 0 Å². The molecule has 0 bridgehead atoms. The van der Waals surface area contributed by atoms with Gasteiger partial charge in [0.15, 0.2) is 0 Å². The van der Waals surface area contributed by atoms with Crippen molar-refractivity contribution in [1.82, 2.24) is 0 Å². The minimum Gasteiger partial charge on any atom is -0.324 e. The number of rotatable bonds is 4. The maximum atomic E-state index is 13.4. The molecule has 0 spiro atoms. The summed E-state index contributed by atoms with van der Waals surface area (Å²) in [7, 11) is 0. The van der Waals surface area contributed by atoms with Gasteiger partial charge in [0.05, 0.1) is 32.2 Å². The van der Waals surface area contributed by atoms with Crippen LogP contribution in [0, 0.1) is 19.7 Å². The average molecular weight is 500 g/mol. The molecule has 1 N–H and O–H groups in total. The normalized spacial score (nSPS) is 13.5. The van der Waals surface area contributed by atoms with Gasteiger partial charge in [-0.05, 0) is 83.4 Å². The maximum Gasteiger partial charge on any atom is 0.244 e. The summed E-state index contributed by atoms with van der Waals surface area (Å²) in [5, 5.41) is 2.66. The fourth-order valence-corrected chi connectivity index (χ4v) is 4.72. The van der Waals surface area contributed by atoms with Crippen LogP contribution in [0.4, 0.5) is 21.5 Å². The van der Waals surface area contributed by atoms with Crippen LogP contribution < -0.4 is 10.2 Å². The Morgan fingerprint density at radius 2 is 1.97 bits per heavy atom. The predicted molar refractivity (Wildman–Crippen MR) is 126 cm³/mol. The second-order valence-electron chi connectivity index (χ2n) is 7.30. The van der Waals surface area contributed by atoms with Gasteiger partial charge in [0.25, 0.3) is 0 Å². The van der Waals surface area contributed by atoms with Crippen molar-refractivity contribution in [2.75, 3.05) is 16.8 Å². The third kappa shape index (κ3) is 4.75. The van der Waals surface area contributed by atoms with E-state index in [1.807, 2.05) is 38.1 Å². The van der Waals surface area contributed by atoms with E-state index in [0.29, 0.717) is 22.8 Å². The van der Waals surface area contributed by atoms with E-state index in [1.54, 1.807) is 6.07 Å². The Morgan fingerprint density at radius 3 is 2.68 bits per heavy atom. The molecule has 0 unspecified atom stereocenters. The number of thiophene rings is 1. The molecule has 3 aromatic rings. The molecule has 8 heteroatoms. The van der Waals surface area contributed by atoms with Gasteiger partial charge in [-0.25, -0.2) is 9.38 Å². The molecule has 5 nitrogen and oxygen atoms in total. The quantitative estimate of drug-likeness (QED) is 0.495. The number of hydrogen-bond acceptors (Lipinski definition) is 4. The molecule has 31 heavy (non-hydrogen) atoms. The van der Waals surface area contributed by atoms with E-state index < -0.39 is 11.7 Å². The summed E-state index contributed by atoms with van der Waals surface area (Å²) in [4.78, 5) is 33.0. The van der Waals surface area contributed by atoms with Crippen LogP contribution in [0.15, 0.2) is 57.3 Å². The Balaban J connectivity index is 1.67. The van der Waals surface area contributed by atoms with Gasteiger partial charge < -0.3 is 10.2 Å². The van der Waals surface area contributed by atoms with Crippen molar-refractivity contribution in [2.24, 2.45) is 4.99 Å². The van der Waals surface area contributed by atoms with Gasteiger partial charge in [0.2, 0.25) is 11.8 Å². The number of aryl methyl sites for hydroxylation is 2. The lowest BCUT2D eigenvalue weighted by molar-refractivity contribution is -0.120. The van der Waals surface area contributed by atoms with Crippen LogP contribution in [0.3, 0.4) is 0 Å². The molecule has 0 radical (unpaired) electrons. The lowest BCUT2D eigenvalue weighted by Gasteiger charge is -2.23. The second kappa shape index (κ2) is 8.72. The summed E-state index contributed by atoms with van der Waals surface area (Å²) in [5.74, 6) is -1.08. The van der Waals surface area contributed by atoms with E-state index in [4.69, 9.17) is 4.99 Å². The minimum absolute atomic E-state index is 0.0764. The first-order valence-electron chi connectivity index (χ1n) is 9.60. The van der Waals surface area contributed by atoms with Crippen molar-refractivity contribution < 1.29 is 14.0 Å². The maximum absolute atomic E-state index is 13.4. The van der Waals surface area contributed by atoms with Crippen LogP contribution in [-0.4, -0.2) is 24.1 Å². The summed E-state index contributed by atoms with van der Waals surface area (Å²) in [5.41, 5.74) is 4.29. The summed E-state index contributed by atoms with van der Waals surface area (Å²) < 4.78 is 14.4. The smallest absolute Gasteiger partial charge is 0.244 e. The highest BCUT2D eigenvalue weighted by molar-refractivity contribution is 9.11.